The molecular weight excluding hydrogens is 198 g/mol. The van der Waals surface area contributed by atoms with Gasteiger partial charge in [0.25, 0.3) is 0 Å². The van der Waals surface area contributed by atoms with E-state index in [9.17, 15) is 0 Å². The molecule has 0 amide bonds. The molecule has 0 radical (unpaired) electrons. The van der Waals surface area contributed by atoms with Gasteiger partial charge in [0.15, 0.2) is 0 Å². The number of aromatic nitrogens is 2. The number of rotatable bonds is 6. The predicted molar refractivity (Wildman–Crippen MR) is 67.5 cm³/mol. The third-order valence-electron chi connectivity index (χ3n) is 2.77. The Morgan fingerprint density at radius 2 is 2.12 bits per heavy atom. The minimum absolute atomic E-state index is 1.01. The lowest BCUT2D eigenvalue weighted by molar-refractivity contribution is 0.551. The summed E-state index contributed by atoms with van der Waals surface area (Å²) in [7, 11) is 0. The van der Waals surface area contributed by atoms with Crippen molar-refractivity contribution in [3.05, 3.63) is 30.5 Å². The molecule has 0 aliphatic carbocycles. The van der Waals surface area contributed by atoms with Crippen molar-refractivity contribution in [2.45, 2.75) is 26.3 Å². The van der Waals surface area contributed by atoms with E-state index in [0.29, 0.717) is 0 Å². The van der Waals surface area contributed by atoms with Crippen molar-refractivity contribution in [2.75, 3.05) is 13.1 Å². The molecule has 1 aromatic heterocycles. The number of fused-ring (bicyclic) bond motifs is 1. The van der Waals surface area contributed by atoms with E-state index in [1.165, 1.54) is 23.7 Å². The van der Waals surface area contributed by atoms with E-state index >= 15 is 0 Å². The first-order chi connectivity index (χ1) is 7.92. The first-order valence-electron chi connectivity index (χ1n) is 6.03. The SMILES string of the molecule is CCNCCCCn1ncc2ccccc21. The molecule has 0 bridgehead atoms. The number of hydrogen-bond acceptors (Lipinski definition) is 2. The Morgan fingerprint density at radius 3 is 3.00 bits per heavy atom. The number of unbranched alkanes of at least 4 members (excludes halogenated alkanes) is 1. The summed E-state index contributed by atoms with van der Waals surface area (Å²) in [5.41, 5.74) is 1.24. The van der Waals surface area contributed by atoms with Gasteiger partial charge in [-0.2, -0.15) is 5.10 Å². The fourth-order valence-electron chi connectivity index (χ4n) is 1.89. The highest BCUT2D eigenvalue weighted by molar-refractivity contribution is 5.78. The predicted octanol–water partition coefficient (Wildman–Crippen LogP) is 2.43. The van der Waals surface area contributed by atoms with Crippen molar-refractivity contribution in [2.24, 2.45) is 0 Å². The van der Waals surface area contributed by atoms with Crippen LogP contribution < -0.4 is 5.32 Å². The first kappa shape index (κ1) is 11.1. The number of nitrogens with one attached hydrogen (secondary N) is 1. The summed E-state index contributed by atoms with van der Waals surface area (Å²) >= 11 is 0. The summed E-state index contributed by atoms with van der Waals surface area (Å²) in [6.45, 7) is 5.32. The third kappa shape index (κ3) is 2.61. The molecule has 0 saturated heterocycles. The van der Waals surface area contributed by atoms with Gasteiger partial charge >= 0.3 is 0 Å². The van der Waals surface area contributed by atoms with Crippen LogP contribution in [0.3, 0.4) is 0 Å². The number of aryl methyl sites for hydroxylation is 1. The number of hydrogen-bond donors (Lipinski definition) is 1. The molecule has 1 N–H and O–H groups in total. The zero-order valence-electron chi connectivity index (χ0n) is 9.82. The quantitative estimate of drug-likeness (QED) is 0.753. The average molecular weight is 217 g/mol. The second-order valence-corrected chi connectivity index (χ2v) is 3.99. The van der Waals surface area contributed by atoms with E-state index in [1.54, 1.807) is 0 Å². The van der Waals surface area contributed by atoms with Crippen molar-refractivity contribution in [1.29, 1.82) is 0 Å². The van der Waals surface area contributed by atoms with E-state index < -0.39 is 0 Å². The molecule has 0 fully saturated rings. The first-order valence-corrected chi connectivity index (χ1v) is 6.03. The van der Waals surface area contributed by atoms with Crippen molar-refractivity contribution in [1.82, 2.24) is 15.1 Å². The molecule has 86 valence electrons. The van der Waals surface area contributed by atoms with Crippen molar-refractivity contribution in [3.63, 3.8) is 0 Å². The largest absolute Gasteiger partial charge is 0.317 e. The topological polar surface area (TPSA) is 29.9 Å². The normalized spacial score (nSPS) is 11.1. The Bertz CT molecular complexity index is 433. The molecule has 0 aliphatic heterocycles. The highest BCUT2D eigenvalue weighted by Crippen LogP contribution is 2.12. The zero-order valence-corrected chi connectivity index (χ0v) is 9.82. The summed E-state index contributed by atoms with van der Waals surface area (Å²) in [5.74, 6) is 0. The lowest BCUT2D eigenvalue weighted by Crippen LogP contribution is -2.14. The maximum absolute atomic E-state index is 4.41. The Labute approximate surface area is 96.5 Å². The third-order valence-corrected chi connectivity index (χ3v) is 2.77. The summed E-state index contributed by atoms with van der Waals surface area (Å²) in [4.78, 5) is 0. The van der Waals surface area contributed by atoms with Gasteiger partial charge in [-0.1, -0.05) is 25.1 Å². The minimum atomic E-state index is 1.01. The highest BCUT2D eigenvalue weighted by atomic mass is 15.3. The van der Waals surface area contributed by atoms with E-state index in [-0.39, 0.29) is 0 Å². The molecule has 0 saturated carbocycles. The van der Waals surface area contributed by atoms with Gasteiger partial charge in [0.1, 0.15) is 0 Å². The molecule has 3 nitrogen and oxygen atoms in total. The summed E-state index contributed by atoms with van der Waals surface area (Å²) in [5, 5.41) is 8.98. The summed E-state index contributed by atoms with van der Waals surface area (Å²) < 4.78 is 2.10. The molecule has 2 rings (SSSR count). The van der Waals surface area contributed by atoms with Gasteiger partial charge in [-0.05, 0) is 32.0 Å². The van der Waals surface area contributed by atoms with Crippen molar-refractivity contribution in [3.8, 4) is 0 Å². The summed E-state index contributed by atoms with van der Waals surface area (Å²) in [6, 6.07) is 8.36. The van der Waals surface area contributed by atoms with Crippen molar-refractivity contribution >= 4 is 10.9 Å². The van der Waals surface area contributed by atoms with Crippen LogP contribution in [0.25, 0.3) is 10.9 Å². The van der Waals surface area contributed by atoms with E-state index in [4.69, 9.17) is 0 Å². The second kappa shape index (κ2) is 5.66. The minimum Gasteiger partial charge on any atom is -0.317 e. The smallest absolute Gasteiger partial charge is 0.0682 e. The average Bonchev–Trinajstić information content (AvgIpc) is 2.73. The highest BCUT2D eigenvalue weighted by Gasteiger charge is 2.00. The molecular formula is C13H19N3. The van der Waals surface area contributed by atoms with Gasteiger partial charge in [0.2, 0.25) is 0 Å². The fourth-order valence-corrected chi connectivity index (χ4v) is 1.89. The lowest BCUT2D eigenvalue weighted by Gasteiger charge is -2.04. The standard InChI is InChI=1S/C13H19N3/c1-2-14-9-5-6-10-16-13-8-4-3-7-12(13)11-15-16/h3-4,7-8,11,14H,2,5-6,9-10H2,1H3. The molecule has 2 aromatic rings. The van der Waals surface area contributed by atoms with Crippen molar-refractivity contribution < 1.29 is 0 Å². The fraction of sp³-hybridized carbons (Fsp3) is 0.462. The molecule has 0 atom stereocenters. The number of para-hydroxylation sites is 1. The number of nitrogens with zero attached hydrogens (tertiary/aromatic N) is 2. The second-order valence-electron chi connectivity index (χ2n) is 3.99. The van der Waals surface area contributed by atoms with Gasteiger partial charge in [-0.3, -0.25) is 4.68 Å². The Balaban J connectivity index is 1.89. The van der Waals surface area contributed by atoms with Gasteiger partial charge in [-0.15, -0.1) is 0 Å². The van der Waals surface area contributed by atoms with Crippen LogP contribution in [-0.4, -0.2) is 22.9 Å². The molecule has 3 heteroatoms. The van der Waals surface area contributed by atoms with E-state index in [2.05, 4.69) is 46.3 Å². The Morgan fingerprint density at radius 1 is 1.25 bits per heavy atom. The Kier molecular flexibility index (Phi) is 3.94. The molecule has 0 spiro atoms. The Hall–Kier alpha value is -1.35. The van der Waals surface area contributed by atoms with Crippen LogP contribution in [0.2, 0.25) is 0 Å². The van der Waals surface area contributed by atoms with Crippen LogP contribution in [-0.2, 0) is 6.54 Å². The van der Waals surface area contributed by atoms with Crippen LogP contribution in [0, 0.1) is 0 Å². The van der Waals surface area contributed by atoms with Crippen LogP contribution >= 0.6 is 0 Å². The van der Waals surface area contributed by atoms with Gasteiger partial charge in [0, 0.05) is 11.9 Å². The zero-order chi connectivity index (χ0) is 11.2. The van der Waals surface area contributed by atoms with Crippen LogP contribution in [0.1, 0.15) is 19.8 Å². The van der Waals surface area contributed by atoms with Crippen LogP contribution in [0.15, 0.2) is 30.5 Å². The molecule has 1 aromatic carbocycles. The number of benzene rings is 1. The maximum Gasteiger partial charge on any atom is 0.0682 e. The van der Waals surface area contributed by atoms with Gasteiger partial charge in [0.05, 0.1) is 11.7 Å². The monoisotopic (exact) mass is 217 g/mol. The van der Waals surface area contributed by atoms with Crippen LogP contribution in [0.5, 0.6) is 0 Å². The van der Waals surface area contributed by atoms with E-state index in [0.717, 1.165) is 19.6 Å². The van der Waals surface area contributed by atoms with Crippen LogP contribution in [0.4, 0.5) is 0 Å². The lowest BCUT2D eigenvalue weighted by atomic mass is 10.2. The summed E-state index contributed by atoms with van der Waals surface area (Å²) in [6.07, 6.45) is 4.33. The van der Waals surface area contributed by atoms with Gasteiger partial charge in [-0.25, -0.2) is 0 Å². The van der Waals surface area contributed by atoms with Gasteiger partial charge < -0.3 is 5.32 Å². The molecule has 0 unspecified atom stereocenters. The molecule has 1 heterocycles. The van der Waals surface area contributed by atoms with E-state index in [1.807, 2.05) is 6.20 Å². The molecule has 16 heavy (non-hydrogen) atoms. The maximum atomic E-state index is 4.41. The molecule has 0 aliphatic rings.